The second kappa shape index (κ2) is 9.19. The lowest BCUT2D eigenvalue weighted by Crippen LogP contribution is -2.59. The quantitative estimate of drug-likeness (QED) is 0.519. The second-order valence-electron chi connectivity index (χ2n) is 10.3. The van der Waals surface area contributed by atoms with Crippen molar-refractivity contribution in [2.45, 2.75) is 89.5 Å². The molecule has 3 heterocycles. The average molecular weight is 476 g/mol. The smallest absolute Gasteiger partial charge is 0.340 e. The molecule has 0 unspecified atom stereocenters. The minimum Gasteiger partial charge on any atom is -0.462 e. The van der Waals surface area contributed by atoms with Crippen LogP contribution in [-0.4, -0.2) is 64.3 Å². The number of fused-ring (bicyclic) bond motifs is 1. The number of hydrogen-bond donors (Lipinski definition) is 0. The van der Waals surface area contributed by atoms with E-state index in [4.69, 9.17) is 9.47 Å². The van der Waals surface area contributed by atoms with Crippen LogP contribution in [0.15, 0.2) is 18.3 Å². The summed E-state index contributed by atoms with van der Waals surface area (Å²) in [5.74, 6) is -2.29. The van der Waals surface area contributed by atoms with E-state index >= 15 is 0 Å². The number of likely N-dealkylation sites (tertiary alicyclic amines) is 1. The predicted molar refractivity (Wildman–Crippen MR) is 125 cm³/mol. The van der Waals surface area contributed by atoms with Crippen molar-refractivity contribution in [1.29, 1.82) is 0 Å². The van der Waals surface area contributed by atoms with Gasteiger partial charge in [-0.05, 0) is 64.5 Å². The second-order valence-corrected chi connectivity index (χ2v) is 10.3. The lowest BCUT2D eigenvalue weighted by Gasteiger charge is -2.49. The zero-order valence-corrected chi connectivity index (χ0v) is 20.3. The number of pyridine rings is 1. The Morgan fingerprint density at radius 3 is 2.56 bits per heavy atom. The fourth-order valence-corrected chi connectivity index (χ4v) is 6.21. The van der Waals surface area contributed by atoms with Crippen molar-refractivity contribution in [3.8, 4) is 0 Å². The van der Waals surface area contributed by atoms with Gasteiger partial charge < -0.3 is 14.0 Å². The van der Waals surface area contributed by atoms with Crippen molar-refractivity contribution in [3.63, 3.8) is 0 Å². The zero-order chi connectivity index (χ0) is 24.0. The highest BCUT2D eigenvalue weighted by atomic mass is 19.3. The van der Waals surface area contributed by atoms with E-state index in [1.54, 1.807) is 6.20 Å². The Morgan fingerprint density at radius 1 is 1.21 bits per heavy atom. The molecule has 3 aliphatic rings. The Kier molecular flexibility index (Phi) is 6.40. The normalized spacial score (nSPS) is 26.7. The van der Waals surface area contributed by atoms with Crippen LogP contribution < -0.4 is 0 Å². The van der Waals surface area contributed by atoms with Crippen molar-refractivity contribution < 1.29 is 23.0 Å². The van der Waals surface area contributed by atoms with E-state index in [2.05, 4.69) is 21.4 Å². The highest BCUT2D eigenvalue weighted by molar-refractivity contribution is 6.05. The van der Waals surface area contributed by atoms with Gasteiger partial charge in [0.2, 0.25) is 0 Å². The molecule has 3 fully saturated rings. The molecule has 1 saturated heterocycles. The fourth-order valence-electron chi connectivity index (χ4n) is 6.21. The van der Waals surface area contributed by atoms with E-state index in [1.807, 2.05) is 26.0 Å². The maximum atomic E-state index is 13.0. The van der Waals surface area contributed by atoms with Crippen molar-refractivity contribution >= 4 is 17.0 Å². The number of halogens is 2. The standard InChI is InChI=1S/C26H35F2N3O3/c1-4-33-25(32)23-17(3)31(24-22(23)6-5-11-29-24)16(2)18-7-9-19(10-8-18)30-14-21(15-30)34-20-12-26(27,28)13-20/h5-6,11,16,18-21H,4,7-10,12-15H2,1-3H3/t16-,18?,19?/m1/s1. The van der Waals surface area contributed by atoms with Gasteiger partial charge in [0.15, 0.2) is 0 Å². The molecule has 8 heteroatoms. The van der Waals surface area contributed by atoms with Crippen LogP contribution in [0.2, 0.25) is 0 Å². The van der Waals surface area contributed by atoms with Gasteiger partial charge in [0, 0.05) is 55.3 Å². The van der Waals surface area contributed by atoms with Gasteiger partial charge in [-0.25, -0.2) is 18.6 Å². The number of carbonyl (C=O) groups is 1. The Balaban J connectivity index is 1.19. The lowest BCUT2D eigenvalue weighted by atomic mass is 9.80. The molecule has 1 aliphatic heterocycles. The Hall–Kier alpha value is -2.06. The molecule has 0 amide bonds. The first-order chi connectivity index (χ1) is 16.3. The van der Waals surface area contributed by atoms with Gasteiger partial charge in [-0.3, -0.25) is 4.90 Å². The number of nitrogens with zero attached hydrogens (tertiary/aromatic N) is 3. The zero-order valence-electron chi connectivity index (χ0n) is 20.3. The predicted octanol–water partition coefficient (Wildman–Crippen LogP) is 5.14. The summed E-state index contributed by atoms with van der Waals surface area (Å²) in [4.78, 5) is 19.8. The van der Waals surface area contributed by atoms with Gasteiger partial charge in [-0.2, -0.15) is 0 Å². The molecule has 0 bridgehead atoms. The summed E-state index contributed by atoms with van der Waals surface area (Å²) in [6.45, 7) is 8.13. The number of aromatic nitrogens is 2. The molecule has 2 aromatic rings. The van der Waals surface area contributed by atoms with Crippen LogP contribution in [0.3, 0.4) is 0 Å². The van der Waals surface area contributed by atoms with Gasteiger partial charge in [-0.15, -0.1) is 0 Å². The van der Waals surface area contributed by atoms with E-state index in [0.29, 0.717) is 24.1 Å². The number of ether oxygens (including phenoxy) is 2. The summed E-state index contributed by atoms with van der Waals surface area (Å²) in [6.07, 6.45) is 5.88. The first-order valence-corrected chi connectivity index (χ1v) is 12.7. The molecular weight excluding hydrogens is 440 g/mol. The molecule has 1 atom stereocenters. The lowest BCUT2D eigenvalue weighted by molar-refractivity contribution is -0.205. The molecule has 2 saturated carbocycles. The highest BCUT2D eigenvalue weighted by Crippen LogP contribution is 2.42. The SMILES string of the molecule is CCOC(=O)c1c(C)n([C@H](C)C2CCC(N3CC(OC4CC(F)(F)C4)C3)CC2)c2ncccc12. The van der Waals surface area contributed by atoms with Crippen molar-refractivity contribution in [1.82, 2.24) is 14.5 Å². The van der Waals surface area contributed by atoms with Gasteiger partial charge >= 0.3 is 5.97 Å². The van der Waals surface area contributed by atoms with Crippen LogP contribution in [0, 0.1) is 12.8 Å². The summed E-state index contributed by atoms with van der Waals surface area (Å²) in [5.41, 5.74) is 2.40. The minimum atomic E-state index is -2.51. The number of alkyl halides is 2. The van der Waals surface area contributed by atoms with Gasteiger partial charge in [0.1, 0.15) is 5.65 Å². The van der Waals surface area contributed by atoms with Crippen LogP contribution in [0.4, 0.5) is 8.78 Å². The average Bonchev–Trinajstić information content (AvgIpc) is 3.06. The Labute approximate surface area is 199 Å². The third-order valence-corrected chi connectivity index (χ3v) is 8.15. The fraction of sp³-hybridized carbons (Fsp3) is 0.692. The van der Waals surface area contributed by atoms with Gasteiger partial charge in [-0.1, -0.05) is 0 Å². The van der Waals surface area contributed by atoms with Crippen LogP contribution >= 0.6 is 0 Å². The van der Waals surface area contributed by atoms with E-state index in [9.17, 15) is 13.6 Å². The summed E-state index contributed by atoms with van der Waals surface area (Å²) in [7, 11) is 0. The summed E-state index contributed by atoms with van der Waals surface area (Å²) < 4.78 is 39.4. The van der Waals surface area contributed by atoms with Crippen LogP contribution in [0.5, 0.6) is 0 Å². The molecule has 6 nitrogen and oxygen atoms in total. The number of rotatable bonds is 7. The van der Waals surface area contributed by atoms with E-state index in [-0.39, 0.29) is 37.1 Å². The maximum Gasteiger partial charge on any atom is 0.340 e. The Morgan fingerprint density at radius 2 is 1.91 bits per heavy atom. The minimum absolute atomic E-state index is 0.110. The summed E-state index contributed by atoms with van der Waals surface area (Å²) in [5, 5.41) is 0.856. The van der Waals surface area contributed by atoms with Crippen molar-refractivity contribution in [2.75, 3.05) is 19.7 Å². The third kappa shape index (κ3) is 4.35. The molecule has 0 radical (unpaired) electrons. The van der Waals surface area contributed by atoms with Crippen LogP contribution in [0.1, 0.15) is 74.5 Å². The van der Waals surface area contributed by atoms with Crippen LogP contribution in [-0.2, 0) is 9.47 Å². The molecule has 34 heavy (non-hydrogen) atoms. The third-order valence-electron chi connectivity index (χ3n) is 8.15. The van der Waals surface area contributed by atoms with Gasteiger partial charge in [0.05, 0.1) is 24.4 Å². The number of hydrogen-bond acceptors (Lipinski definition) is 5. The molecule has 0 N–H and O–H groups in total. The molecule has 5 rings (SSSR count). The van der Waals surface area contributed by atoms with E-state index < -0.39 is 5.92 Å². The number of esters is 1. The summed E-state index contributed by atoms with van der Waals surface area (Å²) >= 11 is 0. The molecule has 0 spiro atoms. The van der Waals surface area contributed by atoms with Crippen molar-refractivity contribution in [2.24, 2.45) is 5.92 Å². The topological polar surface area (TPSA) is 56.6 Å². The molecule has 186 valence electrons. The number of carbonyl (C=O) groups excluding carboxylic acids is 1. The van der Waals surface area contributed by atoms with E-state index in [0.717, 1.165) is 55.5 Å². The monoisotopic (exact) mass is 475 g/mol. The highest BCUT2D eigenvalue weighted by Gasteiger charge is 2.48. The first kappa shape index (κ1) is 23.7. The first-order valence-electron chi connectivity index (χ1n) is 12.7. The van der Waals surface area contributed by atoms with E-state index in [1.165, 1.54) is 0 Å². The van der Waals surface area contributed by atoms with Crippen LogP contribution in [0.25, 0.3) is 11.0 Å². The van der Waals surface area contributed by atoms with Crippen molar-refractivity contribution in [3.05, 3.63) is 29.6 Å². The molecule has 0 aromatic carbocycles. The largest absolute Gasteiger partial charge is 0.462 e. The molecular formula is C26H35F2N3O3. The maximum absolute atomic E-state index is 13.0. The summed E-state index contributed by atoms with van der Waals surface area (Å²) in [6, 6.07) is 4.59. The molecule has 2 aromatic heterocycles. The molecule has 2 aliphatic carbocycles. The van der Waals surface area contributed by atoms with Gasteiger partial charge in [0.25, 0.3) is 5.92 Å². The Bertz CT molecular complexity index is 1030.